The molecule has 0 radical (unpaired) electrons. The Morgan fingerprint density at radius 1 is 1.71 bits per heavy atom. The van der Waals surface area contributed by atoms with Crippen LogP contribution in [0, 0.1) is 0 Å². The third-order valence-electron chi connectivity index (χ3n) is 2.82. The van der Waals surface area contributed by atoms with Crippen molar-refractivity contribution in [2.45, 2.75) is 19.6 Å². The van der Waals surface area contributed by atoms with E-state index in [9.17, 15) is 0 Å². The molecule has 1 fully saturated rings. The highest BCUT2D eigenvalue weighted by Crippen LogP contribution is 2.06. The van der Waals surface area contributed by atoms with Crippen LogP contribution in [0.15, 0.2) is 6.33 Å². The number of rotatable bonds is 4. The fraction of sp³-hybridized carbons (Fsp3) is 0.700. The number of nitrogens with zero attached hydrogens (tertiary/aromatic N) is 4. The van der Waals surface area contributed by atoms with Crippen molar-refractivity contribution in [1.82, 2.24) is 19.7 Å². The van der Waals surface area contributed by atoms with Crippen LogP contribution >= 0.6 is 12.2 Å². The Bertz CT molecular complexity index is 394. The van der Waals surface area contributed by atoms with E-state index in [0.717, 1.165) is 26.2 Å². The maximum atomic E-state index is 5.69. The van der Waals surface area contributed by atoms with Crippen molar-refractivity contribution in [3.05, 3.63) is 12.2 Å². The number of morpholine rings is 1. The predicted molar refractivity (Wildman–Crippen MR) is 67.8 cm³/mol. The minimum atomic E-state index is 0.157. The zero-order chi connectivity index (χ0) is 12.3. The van der Waals surface area contributed by atoms with Crippen LogP contribution < -0.4 is 5.73 Å². The van der Waals surface area contributed by atoms with E-state index in [-0.39, 0.29) is 11.1 Å². The van der Waals surface area contributed by atoms with Gasteiger partial charge in [0.2, 0.25) is 5.82 Å². The molecule has 0 aliphatic carbocycles. The van der Waals surface area contributed by atoms with Gasteiger partial charge < -0.3 is 10.5 Å². The van der Waals surface area contributed by atoms with Gasteiger partial charge in [0.15, 0.2) is 0 Å². The molecule has 17 heavy (non-hydrogen) atoms. The summed E-state index contributed by atoms with van der Waals surface area (Å²) in [7, 11) is 0. The van der Waals surface area contributed by atoms with E-state index in [4.69, 9.17) is 22.7 Å². The molecule has 1 atom stereocenters. The molecule has 0 bridgehead atoms. The second-order valence-corrected chi connectivity index (χ2v) is 4.48. The minimum Gasteiger partial charge on any atom is -0.387 e. The molecule has 0 amide bonds. The number of aromatic nitrogens is 3. The number of hydrogen-bond donors (Lipinski definition) is 1. The SMILES string of the molecule is CCN1CCOC(Cn2cnc(C(N)=S)n2)C1. The van der Waals surface area contributed by atoms with Crippen molar-refractivity contribution in [3.8, 4) is 0 Å². The summed E-state index contributed by atoms with van der Waals surface area (Å²) in [6, 6.07) is 0. The second-order valence-electron chi connectivity index (χ2n) is 4.04. The van der Waals surface area contributed by atoms with Crippen molar-refractivity contribution < 1.29 is 4.74 Å². The van der Waals surface area contributed by atoms with Gasteiger partial charge in [-0.15, -0.1) is 5.10 Å². The Balaban J connectivity index is 1.93. The van der Waals surface area contributed by atoms with Gasteiger partial charge in [0.25, 0.3) is 0 Å². The summed E-state index contributed by atoms with van der Waals surface area (Å²) >= 11 is 4.82. The number of ether oxygens (including phenoxy) is 1. The summed E-state index contributed by atoms with van der Waals surface area (Å²) in [5.41, 5.74) is 5.46. The third-order valence-corrected chi connectivity index (χ3v) is 3.00. The normalized spacial score (nSPS) is 21.6. The Hall–Kier alpha value is -1.05. The molecule has 2 heterocycles. The Kier molecular flexibility index (Phi) is 4.03. The molecule has 6 nitrogen and oxygen atoms in total. The van der Waals surface area contributed by atoms with E-state index in [0.29, 0.717) is 12.4 Å². The van der Waals surface area contributed by atoms with Gasteiger partial charge in [-0.25, -0.2) is 9.67 Å². The highest BCUT2D eigenvalue weighted by Gasteiger charge is 2.20. The largest absolute Gasteiger partial charge is 0.387 e. The predicted octanol–water partition coefficient (Wildman–Crippen LogP) is -0.367. The third kappa shape index (κ3) is 3.21. The summed E-state index contributed by atoms with van der Waals surface area (Å²) < 4.78 is 7.42. The maximum absolute atomic E-state index is 5.69. The van der Waals surface area contributed by atoms with Crippen LogP contribution in [0.25, 0.3) is 0 Å². The average molecular weight is 255 g/mol. The molecule has 2 rings (SSSR count). The quantitative estimate of drug-likeness (QED) is 0.741. The Labute approximate surface area is 106 Å². The van der Waals surface area contributed by atoms with Gasteiger partial charge in [-0.05, 0) is 6.54 Å². The lowest BCUT2D eigenvalue weighted by Gasteiger charge is -2.31. The van der Waals surface area contributed by atoms with E-state index in [1.807, 2.05) is 0 Å². The van der Waals surface area contributed by atoms with Crippen molar-refractivity contribution in [2.24, 2.45) is 5.73 Å². The number of thiocarbonyl (C=S) groups is 1. The van der Waals surface area contributed by atoms with Crippen LogP contribution in [-0.4, -0.2) is 57.0 Å². The summed E-state index contributed by atoms with van der Waals surface area (Å²) in [5, 5.41) is 4.20. The number of likely N-dealkylation sites (N-methyl/N-ethyl adjacent to an activating group) is 1. The maximum Gasteiger partial charge on any atom is 0.208 e. The van der Waals surface area contributed by atoms with E-state index >= 15 is 0 Å². The van der Waals surface area contributed by atoms with Crippen molar-refractivity contribution >= 4 is 17.2 Å². The molecule has 7 heteroatoms. The molecular weight excluding hydrogens is 238 g/mol. The van der Waals surface area contributed by atoms with Gasteiger partial charge in [0.1, 0.15) is 11.3 Å². The molecule has 1 unspecified atom stereocenters. The van der Waals surface area contributed by atoms with Crippen LogP contribution in [0.2, 0.25) is 0 Å². The summed E-state index contributed by atoms with van der Waals surface area (Å²) in [5.74, 6) is 0.420. The summed E-state index contributed by atoms with van der Waals surface area (Å²) in [4.78, 5) is 6.62. The molecule has 0 spiro atoms. The first kappa shape index (κ1) is 12.4. The van der Waals surface area contributed by atoms with Gasteiger partial charge in [0, 0.05) is 13.1 Å². The zero-order valence-corrected chi connectivity index (χ0v) is 10.7. The van der Waals surface area contributed by atoms with Crippen molar-refractivity contribution in [1.29, 1.82) is 0 Å². The number of nitrogens with two attached hydrogens (primary N) is 1. The first-order valence-electron chi connectivity index (χ1n) is 5.72. The Morgan fingerprint density at radius 3 is 3.18 bits per heavy atom. The zero-order valence-electron chi connectivity index (χ0n) is 9.87. The van der Waals surface area contributed by atoms with Crippen LogP contribution in [0.3, 0.4) is 0 Å². The fourth-order valence-electron chi connectivity index (χ4n) is 1.88. The minimum absolute atomic E-state index is 0.157. The van der Waals surface area contributed by atoms with Crippen molar-refractivity contribution in [2.75, 3.05) is 26.2 Å². The van der Waals surface area contributed by atoms with Crippen LogP contribution in [-0.2, 0) is 11.3 Å². The average Bonchev–Trinajstić information content (AvgIpc) is 2.78. The second kappa shape index (κ2) is 5.52. The standard InChI is InChI=1S/C10H17N5OS/c1-2-14-3-4-16-8(5-14)6-15-7-12-10(13-15)9(11)17/h7-8H,2-6H2,1H3,(H2,11,17). The fourth-order valence-corrected chi connectivity index (χ4v) is 1.98. The summed E-state index contributed by atoms with van der Waals surface area (Å²) in [6.45, 7) is 6.60. The van der Waals surface area contributed by atoms with Gasteiger partial charge >= 0.3 is 0 Å². The monoisotopic (exact) mass is 255 g/mol. The van der Waals surface area contributed by atoms with Crippen LogP contribution in [0.4, 0.5) is 0 Å². The van der Waals surface area contributed by atoms with E-state index in [1.54, 1.807) is 11.0 Å². The van der Waals surface area contributed by atoms with Gasteiger partial charge in [-0.3, -0.25) is 4.90 Å². The van der Waals surface area contributed by atoms with Crippen LogP contribution in [0.5, 0.6) is 0 Å². The van der Waals surface area contributed by atoms with Gasteiger partial charge in [-0.2, -0.15) is 0 Å². The molecule has 1 saturated heterocycles. The van der Waals surface area contributed by atoms with Crippen molar-refractivity contribution in [3.63, 3.8) is 0 Å². The molecule has 2 N–H and O–H groups in total. The number of hydrogen-bond acceptors (Lipinski definition) is 5. The highest BCUT2D eigenvalue weighted by atomic mass is 32.1. The van der Waals surface area contributed by atoms with Gasteiger partial charge in [-0.1, -0.05) is 19.1 Å². The molecule has 0 aromatic carbocycles. The lowest BCUT2D eigenvalue weighted by atomic mass is 10.2. The first-order chi connectivity index (χ1) is 8.19. The summed E-state index contributed by atoms with van der Waals surface area (Å²) in [6.07, 6.45) is 1.80. The smallest absolute Gasteiger partial charge is 0.208 e. The van der Waals surface area contributed by atoms with E-state index < -0.39 is 0 Å². The van der Waals surface area contributed by atoms with Gasteiger partial charge in [0.05, 0.1) is 19.3 Å². The molecule has 1 aliphatic rings. The molecule has 1 aliphatic heterocycles. The molecule has 0 saturated carbocycles. The van der Waals surface area contributed by atoms with Crippen LogP contribution in [0.1, 0.15) is 12.7 Å². The van der Waals surface area contributed by atoms with E-state index in [2.05, 4.69) is 21.9 Å². The Morgan fingerprint density at radius 2 is 2.53 bits per heavy atom. The first-order valence-corrected chi connectivity index (χ1v) is 6.13. The molecule has 94 valence electrons. The molecule has 1 aromatic heterocycles. The lowest BCUT2D eigenvalue weighted by Crippen LogP contribution is -2.44. The van der Waals surface area contributed by atoms with E-state index in [1.165, 1.54) is 0 Å². The molecular formula is C10H17N5OS. The highest BCUT2D eigenvalue weighted by molar-refractivity contribution is 7.80. The topological polar surface area (TPSA) is 69.2 Å². The molecule has 1 aromatic rings. The lowest BCUT2D eigenvalue weighted by molar-refractivity contribution is -0.0358.